The summed E-state index contributed by atoms with van der Waals surface area (Å²) in [6.45, 7) is 28.5. The number of imidazole rings is 3. The number of para-hydroxylation sites is 3. The molecule has 0 fully saturated rings. The number of nitrogens with zero attached hydrogens (tertiary/aromatic N) is 6. The zero-order valence-corrected chi connectivity index (χ0v) is 37.7. The Kier molecular flexibility index (Phi) is 13.2. The van der Waals surface area contributed by atoms with E-state index in [4.69, 9.17) is 0 Å². The smallest absolute Gasteiger partial charge is 0.304 e. The molecule has 59 heavy (non-hydrogen) atoms. The number of hydrogen-bond acceptors (Lipinski definition) is 1. The Morgan fingerprint density at radius 1 is 0.475 bits per heavy atom. The molecule has 3 heterocycles. The average Bonchev–Trinajstić information content (AvgIpc) is 3.95. The molecule has 0 atom stereocenters. The van der Waals surface area contributed by atoms with Crippen molar-refractivity contribution in [2.45, 2.75) is 145 Å². The normalized spacial score (nSPS) is 12.4. The summed E-state index contributed by atoms with van der Waals surface area (Å²) in [5.41, 5.74) is 10.7. The van der Waals surface area contributed by atoms with E-state index in [-0.39, 0.29) is 6.42 Å². The van der Waals surface area contributed by atoms with E-state index in [1.165, 1.54) is 50.4 Å². The van der Waals surface area contributed by atoms with Gasteiger partial charge in [0.15, 0.2) is 0 Å². The molecule has 0 amide bonds. The quantitative estimate of drug-likeness (QED) is 0.0935. The predicted octanol–water partition coefficient (Wildman–Crippen LogP) is 10.5. The van der Waals surface area contributed by atoms with Crippen molar-refractivity contribution < 1.29 is 23.6 Å². The summed E-state index contributed by atoms with van der Waals surface area (Å²) >= 11 is 0. The molecule has 0 radical (unpaired) electrons. The third-order valence-electron chi connectivity index (χ3n) is 12.0. The minimum Gasteiger partial charge on any atom is -0.481 e. The summed E-state index contributed by atoms with van der Waals surface area (Å²) in [5, 5.41) is 10.8. The second-order valence-electron chi connectivity index (χ2n) is 18.8. The Morgan fingerprint density at radius 2 is 0.712 bits per heavy atom. The number of carboxylic acids is 1. The fraction of sp³-hybridized carbons (Fsp3) is 0.451. The van der Waals surface area contributed by atoms with Crippen LogP contribution < -0.4 is 13.7 Å². The van der Waals surface area contributed by atoms with Gasteiger partial charge in [-0.2, -0.15) is 0 Å². The maximum Gasteiger partial charge on any atom is 0.304 e. The van der Waals surface area contributed by atoms with Crippen LogP contribution in [-0.2, 0) is 24.4 Å². The van der Waals surface area contributed by atoms with Crippen molar-refractivity contribution >= 4 is 5.97 Å². The topological polar surface area (TPSA) is 63.7 Å². The van der Waals surface area contributed by atoms with Gasteiger partial charge in [-0.1, -0.05) is 138 Å². The Labute approximate surface area is 353 Å². The summed E-state index contributed by atoms with van der Waals surface area (Å²) in [4.78, 5) is 13.1. The van der Waals surface area contributed by atoms with E-state index in [2.05, 4.69) is 221 Å². The Hall–Kier alpha value is -5.24. The lowest BCUT2D eigenvalue weighted by molar-refractivity contribution is -0.783. The van der Waals surface area contributed by atoms with E-state index in [9.17, 15) is 9.90 Å². The van der Waals surface area contributed by atoms with Gasteiger partial charge in [0.2, 0.25) is 19.0 Å². The van der Waals surface area contributed by atoms with Gasteiger partial charge < -0.3 is 5.11 Å². The summed E-state index contributed by atoms with van der Waals surface area (Å²) in [6, 6.07) is 19.9. The molecule has 1 N–H and O–H groups in total. The molecular weight excluding hydrogens is 729 g/mol. The van der Waals surface area contributed by atoms with Crippen LogP contribution in [0.15, 0.2) is 111 Å². The van der Waals surface area contributed by atoms with Crippen molar-refractivity contribution in [2.75, 3.05) is 0 Å². The molecule has 6 aromatic rings. The van der Waals surface area contributed by atoms with Crippen LogP contribution in [-0.4, -0.2) is 24.8 Å². The Morgan fingerprint density at radius 3 is 0.915 bits per heavy atom. The molecular formula is C51H69N6O2+3. The number of hydrogen-bond donors (Lipinski definition) is 1. The largest absolute Gasteiger partial charge is 0.481 e. The van der Waals surface area contributed by atoms with Crippen molar-refractivity contribution in [1.82, 2.24) is 13.7 Å². The average molecular weight is 798 g/mol. The van der Waals surface area contributed by atoms with Gasteiger partial charge in [-0.05, 0) is 35.5 Å². The lowest BCUT2D eigenvalue weighted by atomic mass is 9.83. The highest BCUT2D eigenvalue weighted by Crippen LogP contribution is 2.34. The number of rotatable bonds is 17. The number of aromatic nitrogens is 6. The van der Waals surface area contributed by atoms with E-state index in [0.717, 1.165) is 0 Å². The van der Waals surface area contributed by atoms with Crippen LogP contribution in [0.5, 0.6) is 0 Å². The van der Waals surface area contributed by atoms with Gasteiger partial charge >= 0.3 is 5.97 Å². The van der Waals surface area contributed by atoms with Crippen LogP contribution in [0.2, 0.25) is 0 Å². The summed E-state index contributed by atoms with van der Waals surface area (Å²) in [6.07, 6.45) is 19.2. The second kappa shape index (κ2) is 17.9. The van der Waals surface area contributed by atoms with Crippen molar-refractivity contribution in [3.05, 3.63) is 144 Å². The van der Waals surface area contributed by atoms with Crippen LogP contribution in [0.4, 0.5) is 0 Å². The van der Waals surface area contributed by atoms with Gasteiger partial charge in [0.1, 0.15) is 73.9 Å². The molecule has 0 aliphatic heterocycles. The van der Waals surface area contributed by atoms with E-state index in [1.807, 2.05) is 0 Å². The minimum atomic E-state index is -0.808. The molecule has 0 unspecified atom stereocenters. The molecule has 0 saturated heterocycles. The van der Waals surface area contributed by atoms with Gasteiger partial charge in [-0.25, -0.2) is 27.4 Å². The molecule has 3 aromatic heterocycles. The van der Waals surface area contributed by atoms with Gasteiger partial charge in [0.05, 0.1) is 11.8 Å². The van der Waals surface area contributed by atoms with Crippen LogP contribution in [0.1, 0.15) is 158 Å². The maximum absolute atomic E-state index is 13.1. The fourth-order valence-electron chi connectivity index (χ4n) is 9.09. The SMILES string of the molecule is CC(C)c1cccc(C(C)C)c1-n1cc[n+](CC(CC(=O)O)(C[n+]2ccn(-c3c(C(C)C)cccc3C(C)C)c2)C[n+]2ccn(-c3c(C(C)C)cccc3C(C)C)c2)c1. The van der Waals surface area contributed by atoms with E-state index < -0.39 is 11.4 Å². The zero-order chi connectivity index (χ0) is 42.8. The highest BCUT2D eigenvalue weighted by atomic mass is 16.4. The molecule has 0 aliphatic carbocycles. The van der Waals surface area contributed by atoms with Gasteiger partial charge in [-0.15, -0.1) is 0 Å². The highest BCUT2D eigenvalue weighted by Gasteiger charge is 2.42. The highest BCUT2D eigenvalue weighted by molar-refractivity contribution is 5.67. The third-order valence-corrected chi connectivity index (χ3v) is 12.0. The van der Waals surface area contributed by atoms with Crippen molar-refractivity contribution in [1.29, 1.82) is 0 Å². The van der Waals surface area contributed by atoms with Crippen LogP contribution >= 0.6 is 0 Å². The van der Waals surface area contributed by atoms with Crippen LogP contribution in [0.25, 0.3) is 17.1 Å². The van der Waals surface area contributed by atoms with Gasteiger partial charge in [-0.3, -0.25) is 4.79 Å². The first-order chi connectivity index (χ1) is 28.0. The monoisotopic (exact) mass is 798 g/mol. The first kappa shape index (κ1) is 43.3. The summed E-state index contributed by atoms with van der Waals surface area (Å²) in [5.74, 6) is 1.28. The van der Waals surface area contributed by atoms with Crippen molar-refractivity contribution in [2.24, 2.45) is 5.41 Å². The van der Waals surface area contributed by atoms with Crippen molar-refractivity contribution in [3.63, 3.8) is 0 Å². The third kappa shape index (κ3) is 9.48. The minimum absolute atomic E-state index is 0.0129. The van der Waals surface area contributed by atoms with Gasteiger partial charge in [0, 0.05) is 33.4 Å². The Bertz CT molecular complexity index is 2040. The molecule has 0 saturated carbocycles. The number of benzene rings is 3. The molecule has 312 valence electrons. The number of carboxylic acid groups (broad SMARTS) is 1. The first-order valence-corrected chi connectivity index (χ1v) is 21.8. The predicted molar refractivity (Wildman–Crippen MR) is 237 cm³/mol. The fourth-order valence-corrected chi connectivity index (χ4v) is 9.09. The van der Waals surface area contributed by atoms with E-state index in [0.29, 0.717) is 55.1 Å². The molecule has 3 aromatic carbocycles. The lowest BCUT2D eigenvalue weighted by Crippen LogP contribution is -2.57. The molecule has 0 bridgehead atoms. The Balaban J connectivity index is 1.48. The summed E-state index contributed by atoms with van der Waals surface area (Å²) in [7, 11) is 0. The van der Waals surface area contributed by atoms with Crippen LogP contribution in [0.3, 0.4) is 0 Å². The molecule has 8 heteroatoms. The molecule has 6 rings (SSSR count). The van der Waals surface area contributed by atoms with Gasteiger partial charge in [0.25, 0.3) is 0 Å². The number of carbonyl (C=O) groups is 1. The second-order valence-corrected chi connectivity index (χ2v) is 18.8. The van der Waals surface area contributed by atoms with Crippen molar-refractivity contribution in [3.8, 4) is 17.1 Å². The lowest BCUT2D eigenvalue weighted by Gasteiger charge is -2.27. The molecule has 0 aliphatic rings. The maximum atomic E-state index is 13.1. The molecule has 8 nitrogen and oxygen atoms in total. The summed E-state index contributed by atoms with van der Waals surface area (Å²) < 4.78 is 13.3. The molecule has 0 spiro atoms. The first-order valence-electron chi connectivity index (χ1n) is 21.8. The number of aliphatic carboxylic acids is 1. The zero-order valence-electron chi connectivity index (χ0n) is 37.7. The van der Waals surface area contributed by atoms with E-state index in [1.54, 1.807) is 0 Å². The van der Waals surface area contributed by atoms with E-state index >= 15 is 0 Å². The van der Waals surface area contributed by atoms with Crippen LogP contribution in [0, 0.1) is 5.41 Å². The standard InChI is InChI=1S/C51H68N6O2/c1-35(2)41-16-13-17-42(36(3)4)48(41)55-25-22-52(32-55)29-51(28-47(58)59,30-53-23-26-56(33-53)49-43(37(5)6)18-14-19-44(49)38(7)8)31-54-24-27-57(34-54)50-45(39(9)10)20-15-21-46(50)40(11)12/h13-27,32-40H,28-31H2,1-12H3/q+2/p+1.